The number of H-pyrrole nitrogens is 1. The lowest BCUT2D eigenvalue weighted by Gasteiger charge is -1.87. The lowest BCUT2D eigenvalue weighted by Crippen LogP contribution is -1.96. The number of nitrogens with one attached hydrogen (secondary N) is 1. The van der Waals surface area contributed by atoms with E-state index in [-0.39, 0.29) is 5.69 Å². The normalized spacial score (nSPS) is 10.5. The van der Waals surface area contributed by atoms with Gasteiger partial charge in [0.25, 0.3) is 0 Å². The van der Waals surface area contributed by atoms with E-state index < -0.39 is 5.97 Å². The van der Waals surface area contributed by atoms with Crippen LogP contribution in [0.3, 0.4) is 0 Å². The van der Waals surface area contributed by atoms with E-state index in [9.17, 15) is 4.79 Å². The first-order valence-electron chi connectivity index (χ1n) is 3.54. The smallest absolute Gasteiger partial charge is 0.353 e. The van der Waals surface area contributed by atoms with Crippen molar-refractivity contribution in [2.75, 3.05) is 0 Å². The molecule has 2 aromatic rings. The molecule has 0 atom stereocenters. The van der Waals surface area contributed by atoms with E-state index in [1.165, 1.54) is 0 Å². The van der Waals surface area contributed by atoms with Gasteiger partial charge in [-0.15, -0.1) is 0 Å². The molecule has 2 heterocycles. The molecule has 0 aliphatic carbocycles. The Morgan fingerprint density at radius 2 is 2.38 bits per heavy atom. The minimum atomic E-state index is -0.983. The second kappa shape index (κ2) is 2.85. The predicted octanol–water partition coefficient (Wildman–Crippen LogP) is 2.02. The first kappa shape index (κ1) is 8.25. The Kier molecular flexibility index (Phi) is 1.81. The molecule has 0 bridgehead atoms. The van der Waals surface area contributed by atoms with Gasteiger partial charge < -0.3 is 10.1 Å². The van der Waals surface area contributed by atoms with Gasteiger partial charge in [0.05, 0.1) is 16.2 Å². The van der Waals surface area contributed by atoms with Crippen molar-refractivity contribution in [3.8, 4) is 0 Å². The topological polar surface area (TPSA) is 66.0 Å². The molecule has 2 aromatic heterocycles. The summed E-state index contributed by atoms with van der Waals surface area (Å²) in [5, 5.41) is 9.61. The molecule has 5 heteroatoms. The number of carboxylic acid groups (broad SMARTS) is 1. The Balaban J connectivity index is 2.81. The van der Waals surface area contributed by atoms with Crippen LogP contribution in [-0.4, -0.2) is 21.0 Å². The SMILES string of the molecule is O=C(O)c1[nH]c2cnccc2c1Br. The number of carboxylic acids is 1. The van der Waals surface area contributed by atoms with Gasteiger partial charge in [-0.05, 0) is 22.0 Å². The summed E-state index contributed by atoms with van der Waals surface area (Å²) >= 11 is 3.21. The minimum Gasteiger partial charge on any atom is -0.477 e. The first-order valence-corrected chi connectivity index (χ1v) is 4.34. The van der Waals surface area contributed by atoms with Crippen LogP contribution < -0.4 is 0 Å². The zero-order valence-electron chi connectivity index (χ0n) is 6.41. The maximum Gasteiger partial charge on any atom is 0.353 e. The minimum absolute atomic E-state index is 0.156. The van der Waals surface area contributed by atoms with Crippen molar-refractivity contribution < 1.29 is 9.90 Å². The summed E-state index contributed by atoms with van der Waals surface area (Å²) in [4.78, 5) is 17.3. The monoisotopic (exact) mass is 240 g/mol. The fourth-order valence-electron chi connectivity index (χ4n) is 1.16. The van der Waals surface area contributed by atoms with Crippen molar-refractivity contribution in [1.29, 1.82) is 0 Å². The number of hydrogen-bond acceptors (Lipinski definition) is 2. The number of nitrogens with zero attached hydrogens (tertiary/aromatic N) is 1. The lowest BCUT2D eigenvalue weighted by atomic mass is 10.3. The highest BCUT2D eigenvalue weighted by Gasteiger charge is 2.13. The molecule has 0 aliphatic rings. The van der Waals surface area contributed by atoms with Crippen molar-refractivity contribution in [2.24, 2.45) is 0 Å². The molecular formula is C8H5BrN2O2. The number of pyridine rings is 1. The molecule has 0 saturated carbocycles. The van der Waals surface area contributed by atoms with Crippen LogP contribution in [0.1, 0.15) is 10.5 Å². The van der Waals surface area contributed by atoms with Gasteiger partial charge in [-0.2, -0.15) is 0 Å². The van der Waals surface area contributed by atoms with Crippen molar-refractivity contribution in [3.63, 3.8) is 0 Å². The van der Waals surface area contributed by atoms with Gasteiger partial charge in [0.2, 0.25) is 0 Å². The highest BCUT2D eigenvalue weighted by molar-refractivity contribution is 9.10. The molecule has 2 N–H and O–H groups in total. The van der Waals surface area contributed by atoms with Gasteiger partial charge in [0.1, 0.15) is 5.69 Å². The number of rotatable bonds is 1. The molecule has 0 saturated heterocycles. The number of halogens is 1. The van der Waals surface area contributed by atoms with Gasteiger partial charge in [0, 0.05) is 11.6 Å². The quantitative estimate of drug-likeness (QED) is 0.802. The number of aromatic amines is 1. The summed E-state index contributed by atoms with van der Waals surface area (Å²) in [6.07, 6.45) is 3.21. The number of aromatic carboxylic acids is 1. The van der Waals surface area contributed by atoms with E-state index in [1.807, 2.05) is 0 Å². The molecule has 0 radical (unpaired) electrons. The average Bonchev–Trinajstić information content (AvgIpc) is 2.45. The molecule has 4 nitrogen and oxygen atoms in total. The zero-order chi connectivity index (χ0) is 9.42. The fourth-order valence-corrected chi connectivity index (χ4v) is 1.77. The number of hydrogen-bond donors (Lipinski definition) is 2. The summed E-state index contributed by atoms with van der Waals surface area (Å²) in [6, 6.07) is 1.75. The van der Waals surface area contributed by atoms with Gasteiger partial charge in [-0.1, -0.05) is 0 Å². The van der Waals surface area contributed by atoms with Crippen molar-refractivity contribution >= 4 is 32.8 Å². The summed E-state index contributed by atoms with van der Waals surface area (Å²) < 4.78 is 0.567. The molecule has 0 amide bonds. The van der Waals surface area contributed by atoms with Crippen molar-refractivity contribution in [1.82, 2.24) is 9.97 Å². The Bertz CT molecular complexity index is 478. The highest BCUT2D eigenvalue weighted by Crippen LogP contribution is 2.26. The molecule has 2 rings (SSSR count). The largest absolute Gasteiger partial charge is 0.477 e. The van der Waals surface area contributed by atoms with Gasteiger partial charge in [0.15, 0.2) is 0 Å². The Morgan fingerprint density at radius 3 is 3.00 bits per heavy atom. The van der Waals surface area contributed by atoms with Crippen molar-refractivity contribution in [2.45, 2.75) is 0 Å². The second-order valence-corrected chi connectivity index (χ2v) is 3.33. The summed E-state index contributed by atoms with van der Waals surface area (Å²) in [5.74, 6) is -0.983. The number of aromatic nitrogens is 2. The molecular weight excluding hydrogens is 236 g/mol. The molecule has 0 spiro atoms. The van der Waals surface area contributed by atoms with E-state index in [0.29, 0.717) is 9.99 Å². The maximum absolute atomic E-state index is 10.7. The van der Waals surface area contributed by atoms with Crippen LogP contribution in [0.5, 0.6) is 0 Å². The fraction of sp³-hybridized carbons (Fsp3) is 0. The van der Waals surface area contributed by atoms with Gasteiger partial charge in [-0.3, -0.25) is 4.98 Å². The van der Waals surface area contributed by atoms with E-state index in [0.717, 1.165) is 5.39 Å². The first-order chi connectivity index (χ1) is 6.20. The van der Waals surface area contributed by atoms with Crippen molar-refractivity contribution in [3.05, 3.63) is 28.6 Å². The van der Waals surface area contributed by atoms with Gasteiger partial charge >= 0.3 is 5.97 Å². The van der Waals surface area contributed by atoms with Gasteiger partial charge in [-0.25, -0.2) is 4.79 Å². The van der Waals surface area contributed by atoms with Crippen LogP contribution in [-0.2, 0) is 0 Å². The van der Waals surface area contributed by atoms with E-state index >= 15 is 0 Å². The summed E-state index contributed by atoms with van der Waals surface area (Å²) in [7, 11) is 0. The molecule has 66 valence electrons. The predicted molar refractivity (Wildman–Crippen MR) is 50.8 cm³/mol. The zero-order valence-corrected chi connectivity index (χ0v) is 8.00. The van der Waals surface area contributed by atoms with Crippen LogP contribution in [0.2, 0.25) is 0 Å². The number of carbonyl (C=O) groups is 1. The third-order valence-corrected chi connectivity index (χ3v) is 2.57. The van der Waals surface area contributed by atoms with Crippen LogP contribution in [0.4, 0.5) is 0 Å². The Labute approximate surface area is 81.7 Å². The molecule has 0 aliphatic heterocycles. The van der Waals surface area contributed by atoms with Crippen LogP contribution in [0, 0.1) is 0 Å². The molecule has 0 aromatic carbocycles. The third-order valence-electron chi connectivity index (χ3n) is 1.75. The molecule has 0 unspecified atom stereocenters. The van der Waals surface area contributed by atoms with E-state index in [2.05, 4.69) is 25.9 Å². The Morgan fingerprint density at radius 1 is 1.62 bits per heavy atom. The molecule has 13 heavy (non-hydrogen) atoms. The second-order valence-electron chi connectivity index (χ2n) is 2.54. The lowest BCUT2D eigenvalue weighted by molar-refractivity contribution is 0.0690. The number of fused-ring (bicyclic) bond motifs is 1. The summed E-state index contributed by atoms with van der Waals surface area (Å²) in [6.45, 7) is 0. The van der Waals surface area contributed by atoms with Crippen LogP contribution in [0.25, 0.3) is 10.9 Å². The average molecular weight is 241 g/mol. The molecule has 0 fully saturated rings. The standard InChI is InChI=1S/C8H5BrN2O2/c9-6-4-1-2-10-3-5(4)11-7(6)8(12)13/h1-3,11H,(H,12,13). The van der Waals surface area contributed by atoms with E-state index in [4.69, 9.17) is 5.11 Å². The summed E-state index contributed by atoms with van der Waals surface area (Å²) in [5.41, 5.74) is 0.870. The maximum atomic E-state index is 10.7. The third kappa shape index (κ3) is 1.21. The van der Waals surface area contributed by atoms with Crippen LogP contribution in [0.15, 0.2) is 22.9 Å². The van der Waals surface area contributed by atoms with E-state index in [1.54, 1.807) is 18.5 Å². The highest BCUT2D eigenvalue weighted by atomic mass is 79.9. The van der Waals surface area contributed by atoms with Crippen LogP contribution >= 0.6 is 15.9 Å². The Hall–Kier alpha value is -1.36.